The van der Waals surface area contributed by atoms with Gasteiger partial charge in [-0.2, -0.15) is 0 Å². The zero-order chi connectivity index (χ0) is 14.7. The molecule has 0 spiro atoms. The van der Waals surface area contributed by atoms with Gasteiger partial charge < -0.3 is 5.73 Å². The quantitative estimate of drug-likeness (QED) is 0.881. The topological polar surface area (TPSA) is 26.0 Å². The Bertz CT molecular complexity index is 445. The summed E-state index contributed by atoms with van der Waals surface area (Å²) in [6, 6.07) is 4.47. The Morgan fingerprint density at radius 2 is 1.95 bits per heavy atom. The Morgan fingerprint density at radius 3 is 2.60 bits per heavy atom. The van der Waals surface area contributed by atoms with Gasteiger partial charge >= 0.3 is 0 Å². The van der Waals surface area contributed by atoms with E-state index in [2.05, 4.69) is 13.8 Å². The van der Waals surface area contributed by atoms with Gasteiger partial charge in [-0.05, 0) is 67.5 Å². The third-order valence-electron chi connectivity index (χ3n) is 4.94. The highest BCUT2D eigenvalue weighted by Gasteiger charge is 2.31. The van der Waals surface area contributed by atoms with Crippen molar-refractivity contribution in [3.63, 3.8) is 0 Å². The summed E-state index contributed by atoms with van der Waals surface area (Å²) in [6.07, 6.45) is 4.01. The fourth-order valence-corrected chi connectivity index (χ4v) is 3.52. The van der Waals surface area contributed by atoms with Crippen LogP contribution in [0.25, 0.3) is 0 Å². The number of benzene rings is 1. The number of halogens is 2. The second-order valence-corrected chi connectivity index (χ2v) is 6.49. The standard InChI is InChI=1S/C17H25F2N/c1-11(2)12-6-7-14(10-20)15(8-12)9-13-4-3-5-16(18)17(13)19/h3-5,11-12,14-15H,6-10,20H2,1-2H3. The Morgan fingerprint density at radius 1 is 1.20 bits per heavy atom. The van der Waals surface area contributed by atoms with Gasteiger partial charge in [0.2, 0.25) is 0 Å². The van der Waals surface area contributed by atoms with E-state index in [0.29, 0.717) is 42.2 Å². The van der Waals surface area contributed by atoms with E-state index < -0.39 is 11.6 Å². The SMILES string of the molecule is CC(C)C1CCC(CN)C(Cc2cccc(F)c2F)C1. The smallest absolute Gasteiger partial charge is 0.162 e. The first-order valence-electron chi connectivity index (χ1n) is 7.65. The van der Waals surface area contributed by atoms with Gasteiger partial charge in [-0.3, -0.25) is 0 Å². The lowest BCUT2D eigenvalue weighted by molar-refractivity contribution is 0.150. The van der Waals surface area contributed by atoms with Crippen molar-refractivity contribution in [3.05, 3.63) is 35.4 Å². The van der Waals surface area contributed by atoms with Crippen molar-refractivity contribution in [1.29, 1.82) is 0 Å². The van der Waals surface area contributed by atoms with Crippen LogP contribution in [0.3, 0.4) is 0 Å². The zero-order valence-corrected chi connectivity index (χ0v) is 12.4. The monoisotopic (exact) mass is 281 g/mol. The minimum atomic E-state index is -0.747. The Labute approximate surface area is 120 Å². The van der Waals surface area contributed by atoms with Crippen LogP contribution in [-0.4, -0.2) is 6.54 Å². The third kappa shape index (κ3) is 3.38. The molecule has 1 nitrogen and oxygen atoms in total. The second kappa shape index (κ2) is 6.66. The highest BCUT2D eigenvalue weighted by atomic mass is 19.2. The zero-order valence-electron chi connectivity index (χ0n) is 12.4. The summed E-state index contributed by atoms with van der Waals surface area (Å²) in [7, 11) is 0. The minimum absolute atomic E-state index is 0.373. The van der Waals surface area contributed by atoms with Gasteiger partial charge in [-0.1, -0.05) is 26.0 Å². The summed E-state index contributed by atoms with van der Waals surface area (Å²) < 4.78 is 27.2. The molecule has 1 fully saturated rings. The lowest BCUT2D eigenvalue weighted by Crippen LogP contribution is -2.33. The molecule has 0 aliphatic heterocycles. The summed E-state index contributed by atoms with van der Waals surface area (Å²) in [5.74, 6) is 0.705. The first kappa shape index (κ1) is 15.4. The molecule has 1 aliphatic rings. The summed E-state index contributed by atoms with van der Waals surface area (Å²) in [5.41, 5.74) is 6.37. The van der Waals surface area contributed by atoms with E-state index in [-0.39, 0.29) is 0 Å². The van der Waals surface area contributed by atoms with E-state index in [1.165, 1.54) is 12.5 Å². The minimum Gasteiger partial charge on any atom is -0.330 e. The van der Waals surface area contributed by atoms with Gasteiger partial charge in [0, 0.05) is 0 Å². The lowest BCUT2D eigenvalue weighted by atomic mass is 9.69. The summed E-state index contributed by atoms with van der Waals surface area (Å²) >= 11 is 0. The molecule has 1 aromatic rings. The van der Waals surface area contributed by atoms with Crippen LogP contribution >= 0.6 is 0 Å². The van der Waals surface area contributed by atoms with E-state index in [0.717, 1.165) is 12.8 Å². The van der Waals surface area contributed by atoms with E-state index >= 15 is 0 Å². The van der Waals surface area contributed by atoms with Crippen molar-refractivity contribution < 1.29 is 8.78 Å². The molecule has 0 aromatic heterocycles. The normalized spacial score (nSPS) is 27.0. The molecule has 3 atom stereocenters. The number of rotatable bonds is 4. The third-order valence-corrected chi connectivity index (χ3v) is 4.94. The molecule has 0 bridgehead atoms. The first-order valence-corrected chi connectivity index (χ1v) is 7.65. The molecular weight excluding hydrogens is 256 g/mol. The van der Waals surface area contributed by atoms with Crippen molar-refractivity contribution in [2.75, 3.05) is 6.54 Å². The van der Waals surface area contributed by atoms with E-state index in [9.17, 15) is 8.78 Å². The van der Waals surface area contributed by atoms with Crippen LogP contribution < -0.4 is 5.73 Å². The summed E-state index contributed by atoms with van der Waals surface area (Å²) in [6.45, 7) is 5.13. The number of hydrogen-bond donors (Lipinski definition) is 1. The van der Waals surface area contributed by atoms with E-state index in [1.807, 2.05) is 0 Å². The molecule has 20 heavy (non-hydrogen) atoms. The van der Waals surface area contributed by atoms with Crippen LogP contribution in [0.4, 0.5) is 8.78 Å². The molecular formula is C17H25F2N. The molecule has 1 saturated carbocycles. The predicted molar refractivity (Wildman–Crippen MR) is 78.3 cm³/mol. The van der Waals surface area contributed by atoms with Gasteiger partial charge in [0.25, 0.3) is 0 Å². The van der Waals surface area contributed by atoms with Crippen LogP contribution in [0, 0.1) is 35.3 Å². The average molecular weight is 281 g/mol. The van der Waals surface area contributed by atoms with Gasteiger partial charge in [0.05, 0.1) is 0 Å². The maximum absolute atomic E-state index is 13.8. The number of hydrogen-bond acceptors (Lipinski definition) is 1. The highest BCUT2D eigenvalue weighted by molar-refractivity contribution is 5.19. The van der Waals surface area contributed by atoms with Crippen molar-refractivity contribution in [3.8, 4) is 0 Å². The molecule has 112 valence electrons. The van der Waals surface area contributed by atoms with Crippen LogP contribution in [-0.2, 0) is 6.42 Å². The van der Waals surface area contributed by atoms with Gasteiger partial charge in [0.1, 0.15) is 0 Å². The van der Waals surface area contributed by atoms with Crippen LogP contribution in [0.5, 0.6) is 0 Å². The molecule has 3 unspecified atom stereocenters. The van der Waals surface area contributed by atoms with Crippen LogP contribution in [0.2, 0.25) is 0 Å². The van der Waals surface area contributed by atoms with Crippen molar-refractivity contribution >= 4 is 0 Å². The Hall–Kier alpha value is -0.960. The average Bonchev–Trinajstić information content (AvgIpc) is 2.43. The molecule has 0 amide bonds. The molecule has 3 heteroatoms. The molecule has 0 saturated heterocycles. The first-order chi connectivity index (χ1) is 9.52. The van der Waals surface area contributed by atoms with E-state index in [1.54, 1.807) is 12.1 Å². The maximum atomic E-state index is 13.8. The molecule has 2 rings (SSSR count). The Balaban J connectivity index is 2.13. The Kier molecular flexibility index (Phi) is 5.14. The van der Waals surface area contributed by atoms with Crippen LogP contribution in [0.1, 0.15) is 38.7 Å². The van der Waals surface area contributed by atoms with Crippen molar-refractivity contribution in [2.45, 2.75) is 39.5 Å². The largest absolute Gasteiger partial charge is 0.330 e. The van der Waals surface area contributed by atoms with Gasteiger partial charge in [-0.25, -0.2) is 8.78 Å². The predicted octanol–water partition coefficient (Wildman–Crippen LogP) is 4.15. The summed E-state index contributed by atoms with van der Waals surface area (Å²) in [4.78, 5) is 0. The molecule has 1 aromatic carbocycles. The van der Waals surface area contributed by atoms with Crippen molar-refractivity contribution in [1.82, 2.24) is 0 Å². The maximum Gasteiger partial charge on any atom is 0.162 e. The van der Waals surface area contributed by atoms with Gasteiger partial charge in [0.15, 0.2) is 11.6 Å². The summed E-state index contributed by atoms with van der Waals surface area (Å²) in [5, 5.41) is 0. The number of nitrogens with two attached hydrogens (primary N) is 1. The second-order valence-electron chi connectivity index (χ2n) is 6.49. The van der Waals surface area contributed by atoms with Crippen LogP contribution in [0.15, 0.2) is 18.2 Å². The van der Waals surface area contributed by atoms with Crippen molar-refractivity contribution in [2.24, 2.45) is 29.4 Å². The van der Waals surface area contributed by atoms with E-state index in [4.69, 9.17) is 5.73 Å². The molecule has 2 N–H and O–H groups in total. The lowest BCUT2D eigenvalue weighted by Gasteiger charge is -2.37. The molecule has 0 heterocycles. The van der Waals surface area contributed by atoms with Gasteiger partial charge in [-0.15, -0.1) is 0 Å². The fourth-order valence-electron chi connectivity index (χ4n) is 3.52. The molecule has 0 radical (unpaired) electrons. The fraction of sp³-hybridized carbons (Fsp3) is 0.647. The highest BCUT2D eigenvalue weighted by Crippen LogP contribution is 2.39. The molecule has 1 aliphatic carbocycles.